The number of nitrogens with zero attached hydrogens (tertiary/aromatic N) is 2. The molecule has 0 radical (unpaired) electrons. The molecule has 1 atom stereocenters. The molecule has 96 valence electrons. The summed E-state index contributed by atoms with van der Waals surface area (Å²) in [5, 5.41) is 15.7. The van der Waals surface area contributed by atoms with Crippen molar-refractivity contribution in [2.24, 2.45) is 5.92 Å². The Labute approximate surface area is 100 Å². The lowest BCUT2D eigenvalue weighted by Gasteiger charge is -2.16. The van der Waals surface area contributed by atoms with Crippen LogP contribution in [0.5, 0.6) is 0 Å². The minimum atomic E-state index is -0.864. The van der Waals surface area contributed by atoms with Gasteiger partial charge < -0.3 is 9.63 Å². The van der Waals surface area contributed by atoms with Gasteiger partial charge >= 0.3 is 5.97 Å². The summed E-state index contributed by atoms with van der Waals surface area (Å²) in [6.07, 6.45) is 1.69. The monoisotopic (exact) mass is 241 g/mol. The summed E-state index contributed by atoms with van der Waals surface area (Å²) in [5.74, 6) is 0.243. The second-order valence-corrected chi connectivity index (χ2v) is 4.30. The maximum absolute atomic E-state index is 10.9. The highest BCUT2D eigenvalue weighted by Crippen LogP contribution is 2.04. The Bertz CT molecular complexity index is 363. The second kappa shape index (κ2) is 6.34. The highest BCUT2D eigenvalue weighted by atomic mass is 16.5. The van der Waals surface area contributed by atoms with Gasteiger partial charge in [-0.2, -0.15) is 4.98 Å². The Morgan fingerprint density at radius 2 is 2.24 bits per heavy atom. The summed E-state index contributed by atoms with van der Waals surface area (Å²) >= 11 is 0. The zero-order valence-corrected chi connectivity index (χ0v) is 10.4. The zero-order valence-electron chi connectivity index (χ0n) is 10.4. The first-order chi connectivity index (χ1) is 8.04. The van der Waals surface area contributed by atoms with Crippen molar-refractivity contribution >= 4 is 5.97 Å². The third-order valence-electron chi connectivity index (χ3n) is 2.39. The summed E-state index contributed by atoms with van der Waals surface area (Å²) in [6, 6.07) is -0.594. The van der Waals surface area contributed by atoms with Gasteiger partial charge in [0.2, 0.25) is 5.89 Å². The fourth-order valence-electron chi connectivity index (χ4n) is 1.49. The van der Waals surface area contributed by atoms with E-state index in [1.807, 2.05) is 20.8 Å². The fourth-order valence-corrected chi connectivity index (χ4v) is 1.49. The average molecular weight is 241 g/mol. The second-order valence-electron chi connectivity index (χ2n) is 4.30. The van der Waals surface area contributed by atoms with Crippen LogP contribution in [-0.4, -0.2) is 27.3 Å². The quantitative estimate of drug-likeness (QED) is 0.746. The van der Waals surface area contributed by atoms with E-state index in [0.717, 1.165) is 12.8 Å². The number of carbonyl (C=O) groups is 1. The Hall–Kier alpha value is -1.43. The molecule has 1 aromatic rings. The van der Waals surface area contributed by atoms with Crippen molar-refractivity contribution in [1.29, 1.82) is 0 Å². The number of carboxylic acid groups (broad SMARTS) is 1. The lowest BCUT2D eigenvalue weighted by Crippen LogP contribution is -2.40. The van der Waals surface area contributed by atoms with Crippen LogP contribution in [0.4, 0.5) is 0 Å². The topological polar surface area (TPSA) is 88.2 Å². The molecule has 6 heteroatoms. The SMILES string of the molecule is CCCc1nc(CNC(C(=O)O)C(C)C)no1. The molecule has 0 fully saturated rings. The number of aromatic nitrogens is 2. The summed E-state index contributed by atoms with van der Waals surface area (Å²) in [7, 11) is 0. The van der Waals surface area contributed by atoms with Gasteiger partial charge in [0, 0.05) is 6.42 Å². The predicted octanol–water partition coefficient (Wildman–Crippen LogP) is 1.22. The minimum Gasteiger partial charge on any atom is -0.480 e. The molecule has 0 spiro atoms. The summed E-state index contributed by atoms with van der Waals surface area (Å²) in [5.41, 5.74) is 0. The zero-order chi connectivity index (χ0) is 12.8. The van der Waals surface area contributed by atoms with Crippen LogP contribution in [0.3, 0.4) is 0 Å². The van der Waals surface area contributed by atoms with E-state index in [2.05, 4.69) is 15.5 Å². The molecule has 0 saturated heterocycles. The number of rotatable bonds is 7. The Morgan fingerprint density at radius 3 is 2.76 bits per heavy atom. The van der Waals surface area contributed by atoms with E-state index in [1.54, 1.807) is 0 Å². The maximum atomic E-state index is 10.9. The highest BCUT2D eigenvalue weighted by Gasteiger charge is 2.21. The predicted molar refractivity (Wildman–Crippen MR) is 61.4 cm³/mol. The van der Waals surface area contributed by atoms with E-state index in [0.29, 0.717) is 18.3 Å². The molecule has 0 aliphatic carbocycles. The normalized spacial score (nSPS) is 12.9. The summed E-state index contributed by atoms with van der Waals surface area (Å²) < 4.78 is 5.01. The lowest BCUT2D eigenvalue weighted by molar-refractivity contribution is -0.140. The van der Waals surface area contributed by atoms with Crippen LogP contribution >= 0.6 is 0 Å². The number of aliphatic carboxylic acids is 1. The van der Waals surface area contributed by atoms with Crippen LogP contribution in [0.25, 0.3) is 0 Å². The van der Waals surface area contributed by atoms with E-state index >= 15 is 0 Å². The van der Waals surface area contributed by atoms with Crippen molar-refractivity contribution in [1.82, 2.24) is 15.5 Å². The first-order valence-corrected chi connectivity index (χ1v) is 5.82. The molecule has 1 rings (SSSR count). The largest absolute Gasteiger partial charge is 0.480 e. The van der Waals surface area contributed by atoms with E-state index in [1.165, 1.54) is 0 Å². The molecule has 0 aromatic carbocycles. The van der Waals surface area contributed by atoms with Gasteiger partial charge in [-0.25, -0.2) is 0 Å². The molecule has 1 aromatic heterocycles. The minimum absolute atomic E-state index is 0.00881. The van der Waals surface area contributed by atoms with Crippen molar-refractivity contribution in [2.75, 3.05) is 0 Å². The maximum Gasteiger partial charge on any atom is 0.320 e. The molecule has 0 amide bonds. The van der Waals surface area contributed by atoms with Crippen LogP contribution in [0, 0.1) is 5.92 Å². The first-order valence-electron chi connectivity index (χ1n) is 5.82. The van der Waals surface area contributed by atoms with Gasteiger partial charge in [0.05, 0.1) is 6.54 Å². The van der Waals surface area contributed by atoms with Gasteiger partial charge in [-0.1, -0.05) is 25.9 Å². The van der Waals surface area contributed by atoms with Crippen molar-refractivity contribution in [3.8, 4) is 0 Å². The van der Waals surface area contributed by atoms with E-state index < -0.39 is 12.0 Å². The number of aryl methyl sites for hydroxylation is 1. The molecule has 0 saturated carbocycles. The molecule has 0 aliphatic heterocycles. The van der Waals surface area contributed by atoms with Crippen molar-refractivity contribution in [2.45, 2.75) is 46.2 Å². The van der Waals surface area contributed by atoms with Crippen LogP contribution in [0.1, 0.15) is 38.9 Å². The van der Waals surface area contributed by atoms with Gasteiger partial charge in [-0.05, 0) is 12.3 Å². The first kappa shape index (κ1) is 13.6. The van der Waals surface area contributed by atoms with Gasteiger partial charge in [-0.3, -0.25) is 10.1 Å². The molecule has 0 bridgehead atoms. The van der Waals surface area contributed by atoms with Crippen LogP contribution in [0.15, 0.2) is 4.52 Å². The Morgan fingerprint density at radius 1 is 1.53 bits per heavy atom. The van der Waals surface area contributed by atoms with E-state index in [-0.39, 0.29) is 5.92 Å². The average Bonchev–Trinajstić information content (AvgIpc) is 2.65. The fraction of sp³-hybridized carbons (Fsp3) is 0.727. The molecule has 0 aliphatic rings. The highest BCUT2D eigenvalue weighted by molar-refractivity contribution is 5.73. The van der Waals surface area contributed by atoms with E-state index in [9.17, 15) is 4.79 Å². The third-order valence-corrected chi connectivity index (χ3v) is 2.39. The molecule has 1 heterocycles. The van der Waals surface area contributed by atoms with E-state index in [4.69, 9.17) is 9.63 Å². The summed E-state index contributed by atoms with van der Waals surface area (Å²) in [4.78, 5) is 15.1. The summed E-state index contributed by atoms with van der Waals surface area (Å²) in [6.45, 7) is 6.04. The molecular weight excluding hydrogens is 222 g/mol. The molecular formula is C11H19N3O3. The van der Waals surface area contributed by atoms with Crippen molar-refractivity contribution < 1.29 is 14.4 Å². The molecule has 2 N–H and O–H groups in total. The Balaban J connectivity index is 2.50. The van der Waals surface area contributed by atoms with Gasteiger partial charge in [0.25, 0.3) is 0 Å². The van der Waals surface area contributed by atoms with Crippen LogP contribution in [-0.2, 0) is 17.8 Å². The molecule has 6 nitrogen and oxygen atoms in total. The van der Waals surface area contributed by atoms with Crippen molar-refractivity contribution in [3.05, 3.63) is 11.7 Å². The molecule has 1 unspecified atom stereocenters. The lowest BCUT2D eigenvalue weighted by atomic mass is 10.1. The van der Waals surface area contributed by atoms with Crippen LogP contribution < -0.4 is 5.32 Å². The third kappa shape index (κ3) is 4.14. The number of hydrogen-bond donors (Lipinski definition) is 2. The standard InChI is InChI=1S/C11H19N3O3/c1-4-5-9-13-8(14-17-9)6-12-10(7(2)3)11(15)16/h7,10,12H,4-6H2,1-3H3,(H,15,16). The van der Waals surface area contributed by atoms with Crippen molar-refractivity contribution in [3.63, 3.8) is 0 Å². The Kier molecular flexibility index (Phi) is 5.09. The number of nitrogens with one attached hydrogen (secondary N) is 1. The number of hydrogen-bond acceptors (Lipinski definition) is 5. The van der Waals surface area contributed by atoms with Gasteiger partial charge in [0.15, 0.2) is 5.82 Å². The molecule has 17 heavy (non-hydrogen) atoms. The van der Waals surface area contributed by atoms with Gasteiger partial charge in [-0.15, -0.1) is 0 Å². The van der Waals surface area contributed by atoms with Crippen LogP contribution in [0.2, 0.25) is 0 Å². The number of carboxylic acids is 1. The smallest absolute Gasteiger partial charge is 0.320 e. The van der Waals surface area contributed by atoms with Gasteiger partial charge in [0.1, 0.15) is 6.04 Å².